The molecule has 112 valence electrons. The van der Waals surface area contributed by atoms with Gasteiger partial charge in [0.2, 0.25) is 0 Å². The highest BCUT2D eigenvalue weighted by Crippen LogP contribution is 2.51. The van der Waals surface area contributed by atoms with Crippen LogP contribution in [0.4, 0.5) is 10.1 Å². The summed E-state index contributed by atoms with van der Waals surface area (Å²) in [6, 6.07) is 3.19. The van der Waals surface area contributed by atoms with Crippen LogP contribution in [0.5, 0.6) is 0 Å². The van der Waals surface area contributed by atoms with E-state index in [0.717, 1.165) is 13.0 Å². The predicted molar refractivity (Wildman–Crippen MR) is 78.9 cm³/mol. The monoisotopic (exact) mass is 289 g/mol. The second kappa shape index (κ2) is 5.09. The van der Waals surface area contributed by atoms with Gasteiger partial charge < -0.3 is 5.73 Å². The van der Waals surface area contributed by atoms with Crippen LogP contribution >= 0.6 is 0 Å². The Labute approximate surface area is 123 Å². The lowest BCUT2D eigenvalue weighted by Crippen LogP contribution is -2.14. The Hall–Kier alpha value is -1.98. The van der Waals surface area contributed by atoms with E-state index in [9.17, 15) is 4.39 Å². The molecule has 6 heteroatoms. The Morgan fingerprint density at radius 3 is 2.76 bits per heavy atom. The second-order valence-corrected chi connectivity index (χ2v) is 6.08. The zero-order valence-electron chi connectivity index (χ0n) is 12.4. The second-order valence-electron chi connectivity index (χ2n) is 6.08. The molecule has 2 N–H and O–H groups in total. The molecule has 1 aromatic heterocycles. The molecule has 0 amide bonds. The average Bonchev–Trinajstić information content (AvgIpc) is 3.03. The quantitative estimate of drug-likeness (QED) is 0.859. The molecule has 1 heterocycles. The topological polar surface area (TPSA) is 69.6 Å². The molecule has 1 aliphatic rings. The number of nitrogens with two attached hydrogens (primary N) is 1. The Kier molecular flexibility index (Phi) is 3.39. The maximum Gasteiger partial charge on any atom is 0.182 e. The van der Waals surface area contributed by atoms with E-state index < -0.39 is 0 Å². The number of anilines is 1. The number of rotatable bonds is 5. The minimum Gasteiger partial charge on any atom is -0.398 e. The molecule has 3 rings (SSSR count). The van der Waals surface area contributed by atoms with Crippen LogP contribution in [0, 0.1) is 18.2 Å². The van der Waals surface area contributed by atoms with Gasteiger partial charge in [-0.25, -0.2) is 9.07 Å². The summed E-state index contributed by atoms with van der Waals surface area (Å²) in [6.45, 7) is 4.65. The van der Waals surface area contributed by atoms with Crippen LogP contribution in [0.3, 0.4) is 0 Å². The summed E-state index contributed by atoms with van der Waals surface area (Å²) >= 11 is 0. The van der Waals surface area contributed by atoms with Crippen molar-refractivity contribution in [2.45, 2.75) is 46.1 Å². The molecule has 0 aliphatic heterocycles. The highest BCUT2D eigenvalue weighted by molar-refractivity contribution is 5.63. The van der Waals surface area contributed by atoms with Gasteiger partial charge in [-0.15, -0.1) is 5.10 Å². The molecule has 1 saturated carbocycles. The summed E-state index contributed by atoms with van der Waals surface area (Å²) in [5.74, 6) is 0.261. The number of benzene rings is 1. The molecule has 1 aliphatic carbocycles. The van der Waals surface area contributed by atoms with Gasteiger partial charge in [0.1, 0.15) is 5.82 Å². The molecule has 21 heavy (non-hydrogen) atoms. The fourth-order valence-electron chi connectivity index (χ4n) is 2.86. The van der Waals surface area contributed by atoms with E-state index in [4.69, 9.17) is 5.73 Å². The van der Waals surface area contributed by atoms with E-state index in [1.807, 2.05) is 0 Å². The Bertz CT molecular complexity index is 637. The van der Waals surface area contributed by atoms with Crippen molar-refractivity contribution < 1.29 is 4.39 Å². The zero-order valence-corrected chi connectivity index (χ0v) is 12.4. The highest BCUT2D eigenvalue weighted by atomic mass is 19.1. The van der Waals surface area contributed by atoms with E-state index in [2.05, 4.69) is 22.4 Å². The predicted octanol–water partition coefficient (Wildman–Crippen LogP) is 2.95. The van der Waals surface area contributed by atoms with Crippen LogP contribution in [0.1, 0.15) is 38.2 Å². The van der Waals surface area contributed by atoms with E-state index in [0.29, 0.717) is 28.1 Å². The van der Waals surface area contributed by atoms with E-state index in [-0.39, 0.29) is 5.82 Å². The smallest absolute Gasteiger partial charge is 0.182 e. The Balaban J connectivity index is 1.92. The van der Waals surface area contributed by atoms with Gasteiger partial charge >= 0.3 is 0 Å². The first-order valence-corrected chi connectivity index (χ1v) is 7.37. The van der Waals surface area contributed by atoms with Gasteiger partial charge in [0.05, 0.1) is 6.54 Å². The number of nitrogens with zero attached hydrogens (tertiary/aromatic N) is 4. The first-order chi connectivity index (χ1) is 10.0. The van der Waals surface area contributed by atoms with Crippen LogP contribution < -0.4 is 5.73 Å². The van der Waals surface area contributed by atoms with E-state index >= 15 is 0 Å². The van der Waals surface area contributed by atoms with Crippen molar-refractivity contribution in [2.75, 3.05) is 5.73 Å². The molecule has 0 bridgehead atoms. The molecule has 0 spiro atoms. The lowest BCUT2D eigenvalue weighted by Gasteiger charge is -2.15. The minimum atomic E-state index is -0.325. The van der Waals surface area contributed by atoms with Crippen molar-refractivity contribution >= 4 is 5.69 Å². The summed E-state index contributed by atoms with van der Waals surface area (Å²) in [6.07, 6.45) is 4.76. The maximum atomic E-state index is 13.9. The van der Waals surface area contributed by atoms with Crippen molar-refractivity contribution in [2.24, 2.45) is 5.41 Å². The van der Waals surface area contributed by atoms with Gasteiger partial charge in [0, 0.05) is 16.8 Å². The molecule has 0 atom stereocenters. The minimum absolute atomic E-state index is 0.325. The third kappa shape index (κ3) is 2.62. The Morgan fingerprint density at radius 2 is 2.14 bits per heavy atom. The van der Waals surface area contributed by atoms with Crippen LogP contribution in [0.25, 0.3) is 11.4 Å². The fourth-order valence-corrected chi connectivity index (χ4v) is 2.86. The normalized spacial score (nSPS) is 16.1. The summed E-state index contributed by atoms with van der Waals surface area (Å²) in [5.41, 5.74) is 7.69. The number of nitrogen functional groups attached to an aromatic ring is 1. The van der Waals surface area contributed by atoms with Crippen LogP contribution in [0.15, 0.2) is 12.1 Å². The van der Waals surface area contributed by atoms with E-state index in [1.165, 1.54) is 25.3 Å². The summed E-state index contributed by atoms with van der Waals surface area (Å²) in [5, 5.41) is 11.9. The summed E-state index contributed by atoms with van der Waals surface area (Å²) in [7, 11) is 0. The first kappa shape index (κ1) is 14.0. The molecule has 0 radical (unpaired) electrons. The number of halogens is 1. The van der Waals surface area contributed by atoms with Gasteiger partial charge in [0.15, 0.2) is 5.82 Å². The third-order valence-electron chi connectivity index (χ3n) is 4.40. The molecule has 0 unspecified atom stereocenters. The number of hydrogen-bond acceptors (Lipinski definition) is 4. The number of hydrogen-bond donors (Lipinski definition) is 1. The lowest BCUT2D eigenvalue weighted by atomic mass is 10.0. The SMILES string of the molecule is CCCC1(Cn2nnnc2-c2cc(N)c(C)c(F)c2)CC1. The lowest BCUT2D eigenvalue weighted by molar-refractivity contribution is 0.365. The standard InChI is InChI=1S/C15H20FN5/c1-3-4-15(5-6-15)9-21-14(18-19-20-21)11-7-12(16)10(2)13(17)8-11/h7-8H,3-6,9,17H2,1-2H3. The van der Waals surface area contributed by atoms with Crippen molar-refractivity contribution in [3.8, 4) is 11.4 Å². The van der Waals surface area contributed by atoms with Crippen LogP contribution in [-0.4, -0.2) is 20.2 Å². The molecule has 1 fully saturated rings. The van der Waals surface area contributed by atoms with Crippen LogP contribution in [-0.2, 0) is 6.54 Å². The van der Waals surface area contributed by atoms with Crippen molar-refractivity contribution in [1.82, 2.24) is 20.2 Å². The van der Waals surface area contributed by atoms with Gasteiger partial charge in [0.25, 0.3) is 0 Å². The highest BCUT2D eigenvalue weighted by Gasteiger charge is 2.42. The Morgan fingerprint density at radius 1 is 1.38 bits per heavy atom. The first-order valence-electron chi connectivity index (χ1n) is 7.37. The fraction of sp³-hybridized carbons (Fsp3) is 0.533. The molecule has 0 saturated heterocycles. The largest absolute Gasteiger partial charge is 0.398 e. The molecule has 1 aromatic carbocycles. The maximum absolute atomic E-state index is 13.9. The molecular weight excluding hydrogens is 269 g/mol. The molecular formula is C15H20FN5. The number of aromatic nitrogens is 4. The van der Waals surface area contributed by atoms with Gasteiger partial charge in [-0.05, 0) is 54.2 Å². The van der Waals surface area contributed by atoms with Crippen molar-refractivity contribution in [3.63, 3.8) is 0 Å². The molecule has 5 nitrogen and oxygen atoms in total. The van der Waals surface area contributed by atoms with Crippen LogP contribution in [0.2, 0.25) is 0 Å². The van der Waals surface area contributed by atoms with Gasteiger partial charge in [-0.3, -0.25) is 0 Å². The van der Waals surface area contributed by atoms with Gasteiger partial charge in [-0.2, -0.15) is 0 Å². The zero-order chi connectivity index (χ0) is 15.0. The van der Waals surface area contributed by atoms with Gasteiger partial charge in [-0.1, -0.05) is 13.3 Å². The average molecular weight is 289 g/mol. The van der Waals surface area contributed by atoms with Crippen molar-refractivity contribution in [3.05, 3.63) is 23.5 Å². The third-order valence-corrected chi connectivity index (χ3v) is 4.40. The van der Waals surface area contributed by atoms with E-state index in [1.54, 1.807) is 17.7 Å². The summed E-state index contributed by atoms with van der Waals surface area (Å²) in [4.78, 5) is 0. The molecule has 2 aromatic rings. The van der Waals surface area contributed by atoms with Crippen molar-refractivity contribution in [1.29, 1.82) is 0 Å². The summed E-state index contributed by atoms with van der Waals surface area (Å²) < 4.78 is 15.7. The number of tetrazole rings is 1.